The lowest BCUT2D eigenvalue weighted by Gasteiger charge is -2.04. The molecule has 4 aromatic rings. The van der Waals surface area contributed by atoms with Crippen LogP contribution in [0.3, 0.4) is 0 Å². The SMILES string of the molecule is Cc1ccc(CNC(=O)c2cc3c(NC(=O)c4ccncc4)[nH]nc3s2)cc1. The van der Waals surface area contributed by atoms with Gasteiger partial charge in [0.2, 0.25) is 0 Å². The summed E-state index contributed by atoms with van der Waals surface area (Å²) in [5.74, 6) is 0.0187. The van der Waals surface area contributed by atoms with Crippen LogP contribution in [0.25, 0.3) is 10.2 Å². The van der Waals surface area contributed by atoms with Gasteiger partial charge in [-0.3, -0.25) is 19.7 Å². The molecule has 3 aromatic heterocycles. The Morgan fingerprint density at radius 3 is 2.57 bits per heavy atom. The number of nitrogens with zero attached hydrogens (tertiary/aromatic N) is 2. The van der Waals surface area contributed by atoms with E-state index in [1.54, 1.807) is 30.6 Å². The van der Waals surface area contributed by atoms with E-state index in [2.05, 4.69) is 25.8 Å². The van der Waals surface area contributed by atoms with Gasteiger partial charge in [0.05, 0.1) is 10.3 Å². The number of rotatable bonds is 5. The Balaban J connectivity index is 1.47. The average molecular weight is 391 g/mol. The van der Waals surface area contributed by atoms with Gasteiger partial charge < -0.3 is 10.6 Å². The molecule has 0 saturated carbocycles. The number of aryl methyl sites for hydroxylation is 1. The lowest BCUT2D eigenvalue weighted by Crippen LogP contribution is -2.21. The monoisotopic (exact) mass is 391 g/mol. The topological polar surface area (TPSA) is 99.8 Å². The summed E-state index contributed by atoms with van der Waals surface area (Å²) >= 11 is 1.27. The van der Waals surface area contributed by atoms with Crippen LogP contribution < -0.4 is 10.6 Å². The Labute approximate surface area is 164 Å². The number of carbonyl (C=O) groups is 2. The zero-order chi connectivity index (χ0) is 19.5. The first-order chi connectivity index (χ1) is 13.6. The molecule has 0 aliphatic rings. The predicted octanol–water partition coefficient (Wildman–Crippen LogP) is 3.51. The van der Waals surface area contributed by atoms with Gasteiger partial charge >= 0.3 is 0 Å². The third-order valence-corrected chi connectivity index (χ3v) is 5.26. The molecular formula is C20H17N5O2S. The summed E-state index contributed by atoms with van der Waals surface area (Å²) in [6.45, 7) is 2.47. The highest BCUT2D eigenvalue weighted by Crippen LogP contribution is 2.29. The molecule has 7 nitrogen and oxygen atoms in total. The number of amides is 2. The first-order valence-electron chi connectivity index (χ1n) is 8.63. The van der Waals surface area contributed by atoms with Crippen LogP contribution in [0, 0.1) is 6.92 Å². The Hall–Kier alpha value is -3.52. The molecule has 0 bridgehead atoms. The molecule has 0 radical (unpaired) electrons. The molecule has 0 unspecified atom stereocenters. The van der Waals surface area contributed by atoms with Gasteiger partial charge in [-0.25, -0.2) is 0 Å². The van der Waals surface area contributed by atoms with E-state index in [1.165, 1.54) is 16.9 Å². The number of H-pyrrole nitrogens is 1. The van der Waals surface area contributed by atoms with E-state index in [1.807, 2.05) is 31.2 Å². The Morgan fingerprint density at radius 1 is 1.07 bits per heavy atom. The molecule has 3 heterocycles. The van der Waals surface area contributed by atoms with Crippen LogP contribution in [-0.4, -0.2) is 27.0 Å². The summed E-state index contributed by atoms with van der Waals surface area (Å²) in [7, 11) is 0. The first-order valence-corrected chi connectivity index (χ1v) is 9.45. The summed E-state index contributed by atoms with van der Waals surface area (Å²) in [6.07, 6.45) is 3.11. The molecule has 3 N–H and O–H groups in total. The zero-order valence-electron chi connectivity index (χ0n) is 15.0. The van der Waals surface area contributed by atoms with Crippen molar-refractivity contribution < 1.29 is 9.59 Å². The molecule has 28 heavy (non-hydrogen) atoms. The van der Waals surface area contributed by atoms with Gasteiger partial charge in [-0.05, 0) is 30.7 Å². The van der Waals surface area contributed by atoms with Crippen molar-refractivity contribution in [3.05, 3.63) is 76.4 Å². The number of hydrogen-bond donors (Lipinski definition) is 3. The van der Waals surface area contributed by atoms with Crippen molar-refractivity contribution in [3.8, 4) is 0 Å². The van der Waals surface area contributed by atoms with E-state index >= 15 is 0 Å². The minimum atomic E-state index is -0.274. The maximum atomic E-state index is 12.5. The molecule has 140 valence electrons. The van der Waals surface area contributed by atoms with Crippen molar-refractivity contribution >= 4 is 39.2 Å². The summed E-state index contributed by atoms with van der Waals surface area (Å²) in [5, 5.41) is 13.4. The highest BCUT2D eigenvalue weighted by molar-refractivity contribution is 7.20. The second-order valence-corrected chi connectivity index (χ2v) is 7.32. The maximum Gasteiger partial charge on any atom is 0.261 e. The Bertz CT molecular complexity index is 1130. The van der Waals surface area contributed by atoms with E-state index < -0.39 is 0 Å². The summed E-state index contributed by atoms with van der Waals surface area (Å²) in [5.41, 5.74) is 2.70. The third kappa shape index (κ3) is 3.77. The van der Waals surface area contributed by atoms with E-state index in [9.17, 15) is 9.59 Å². The van der Waals surface area contributed by atoms with Crippen LogP contribution in [0.15, 0.2) is 54.9 Å². The number of pyridine rings is 1. The van der Waals surface area contributed by atoms with Gasteiger partial charge in [-0.1, -0.05) is 29.8 Å². The van der Waals surface area contributed by atoms with Gasteiger partial charge in [0, 0.05) is 24.5 Å². The zero-order valence-corrected chi connectivity index (χ0v) is 15.8. The van der Waals surface area contributed by atoms with E-state index in [0.717, 1.165) is 5.56 Å². The number of aromatic nitrogens is 3. The third-order valence-electron chi connectivity index (χ3n) is 4.23. The van der Waals surface area contributed by atoms with E-state index in [-0.39, 0.29) is 11.8 Å². The Morgan fingerprint density at radius 2 is 1.82 bits per heavy atom. The fourth-order valence-corrected chi connectivity index (χ4v) is 3.59. The van der Waals surface area contributed by atoms with Crippen molar-refractivity contribution in [1.82, 2.24) is 20.5 Å². The van der Waals surface area contributed by atoms with Crippen molar-refractivity contribution in [2.45, 2.75) is 13.5 Å². The van der Waals surface area contributed by atoms with Crippen molar-refractivity contribution in [2.75, 3.05) is 5.32 Å². The number of nitrogens with one attached hydrogen (secondary N) is 3. The van der Waals surface area contributed by atoms with Crippen LogP contribution in [0.4, 0.5) is 5.82 Å². The molecular weight excluding hydrogens is 374 g/mol. The number of fused-ring (bicyclic) bond motifs is 1. The second-order valence-electron chi connectivity index (χ2n) is 6.29. The number of thiophene rings is 1. The van der Waals surface area contributed by atoms with Crippen LogP contribution >= 0.6 is 11.3 Å². The van der Waals surface area contributed by atoms with Gasteiger partial charge in [-0.15, -0.1) is 11.3 Å². The van der Waals surface area contributed by atoms with Gasteiger partial charge in [0.25, 0.3) is 11.8 Å². The molecule has 0 spiro atoms. The standard InChI is InChI=1S/C20H17N5O2S/c1-12-2-4-13(5-3-12)11-22-19(27)16-10-15-17(24-25-20(15)28-16)23-18(26)14-6-8-21-9-7-14/h2-10H,11H2,1H3,(H,22,27)(H2,23,24,25,26). The number of carbonyl (C=O) groups excluding carboxylic acids is 2. The Kier molecular flexibility index (Phi) is 4.86. The van der Waals surface area contributed by atoms with E-state index in [0.29, 0.717) is 33.0 Å². The van der Waals surface area contributed by atoms with Crippen molar-refractivity contribution in [1.29, 1.82) is 0 Å². The maximum absolute atomic E-state index is 12.5. The lowest BCUT2D eigenvalue weighted by molar-refractivity contribution is 0.0954. The molecule has 0 saturated heterocycles. The van der Waals surface area contributed by atoms with Crippen molar-refractivity contribution in [3.63, 3.8) is 0 Å². The molecule has 0 aliphatic carbocycles. The minimum Gasteiger partial charge on any atom is -0.347 e. The molecule has 0 atom stereocenters. The van der Waals surface area contributed by atoms with Gasteiger partial charge in [-0.2, -0.15) is 5.10 Å². The fraction of sp³-hybridized carbons (Fsp3) is 0.100. The summed E-state index contributed by atoms with van der Waals surface area (Å²) in [6, 6.07) is 13.0. The predicted molar refractivity (Wildman–Crippen MR) is 109 cm³/mol. The number of hydrogen-bond acceptors (Lipinski definition) is 5. The van der Waals surface area contributed by atoms with Gasteiger partial charge in [0.15, 0.2) is 0 Å². The second kappa shape index (κ2) is 7.61. The van der Waals surface area contributed by atoms with Crippen LogP contribution in [0.5, 0.6) is 0 Å². The highest BCUT2D eigenvalue weighted by Gasteiger charge is 2.16. The lowest BCUT2D eigenvalue weighted by atomic mass is 10.1. The van der Waals surface area contributed by atoms with Crippen LogP contribution in [-0.2, 0) is 6.54 Å². The summed E-state index contributed by atoms with van der Waals surface area (Å²) in [4.78, 5) is 29.9. The number of aromatic amines is 1. The number of benzene rings is 1. The quantitative estimate of drug-likeness (QED) is 0.485. The van der Waals surface area contributed by atoms with E-state index in [4.69, 9.17) is 0 Å². The highest BCUT2D eigenvalue weighted by atomic mass is 32.1. The molecule has 4 rings (SSSR count). The molecule has 2 amide bonds. The van der Waals surface area contributed by atoms with Crippen molar-refractivity contribution in [2.24, 2.45) is 0 Å². The molecule has 8 heteroatoms. The van der Waals surface area contributed by atoms with Crippen LogP contribution in [0.2, 0.25) is 0 Å². The average Bonchev–Trinajstić information content (AvgIpc) is 3.30. The first kappa shape index (κ1) is 17.9. The smallest absolute Gasteiger partial charge is 0.261 e. The summed E-state index contributed by atoms with van der Waals surface area (Å²) < 4.78 is 0. The number of anilines is 1. The minimum absolute atomic E-state index is 0.171. The van der Waals surface area contributed by atoms with Crippen LogP contribution in [0.1, 0.15) is 31.2 Å². The normalized spacial score (nSPS) is 10.8. The molecule has 1 aromatic carbocycles. The largest absolute Gasteiger partial charge is 0.347 e. The molecule has 0 fully saturated rings. The van der Waals surface area contributed by atoms with Gasteiger partial charge in [0.1, 0.15) is 10.6 Å². The molecule has 0 aliphatic heterocycles. The fourth-order valence-electron chi connectivity index (χ4n) is 2.68.